The largest absolute Gasteiger partial charge is 0.384 e. The lowest BCUT2D eigenvalue weighted by Crippen LogP contribution is -2.29. The van der Waals surface area contributed by atoms with E-state index in [-0.39, 0.29) is 5.92 Å². The zero-order chi connectivity index (χ0) is 15.7. The van der Waals surface area contributed by atoms with Crippen LogP contribution in [-0.2, 0) is 5.60 Å². The molecule has 1 rings (SSSR count). The second-order valence-corrected chi connectivity index (χ2v) is 5.69. The lowest BCUT2D eigenvalue weighted by molar-refractivity contribution is 0.0239. The van der Waals surface area contributed by atoms with Crippen LogP contribution in [0.15, 0.2) is 24.3 Å². The first-order valence-corrected chi connectivity index (χ1v) is 7.73. The highest BCUT2D eigenvalue weighted by atomic mass is 16.3. The van der Waals surface area contributed by atoms with Crippen molar-refractivity contribution in [2.75, 3.05) is 0 Å². The third kappa shape index (κ3) is 5.25. The SMILES string of the molecule is CCCCCCC#CC(C)C(C)(O)c1ccc(C#N)cc1. The molecular formula is C19H25NO. The molecule has 0 aliphatic carbocycles. The Hall–Kier alpha value is -1.77. The van der Waals surface area contributed by atoms with Gasteiger partial charge in [0.2, 0.25) is 0 Å². The summed E-state index contributed by atoms with van der Waals surface area (Å²) in [7, 11) is 0. The lowest BCUT2D eigenvalue weighted by atomic mass is 9.84. The summed E-state index contributed by atoms with van der Waals surface area (Å²) in [6.45, 7) is 5.92. The van der Waals surface area contributed by atoms with Gasteiger partial charge in [0.05, 0.1) is 17.6 Å². The summed E-state index contributed by atoms with van der Waals surface area (Å²) >= 11 is 0. The Morgan fingerprint density at radius 2 is 1.86 bits per heavy atom. The van der Waals surface area contributed by atoms with Crippen molar-refractivity contribution in [1.82, 2.24) is 0 Å². The molecule has 2 atom stereocenters. The van der Waals surface area contributed by atoms with E-state index in [0.29, 0.717) is 5.56 Å². The number of nitriles is 1. The summed E-state index contributed by atoms with van der Waals surface area (Å²) in [5.41, 5.74) is 0.406. The van der Waals surface area contributed by atoms with Crippen LogP contribution in [0.25, 0.3) is 0 Å². The molecule has 0 amide bonds. The molecule has 1 N–H and O–H groups in total. The van der Waals surface area contributed by atoms with Crippen molar-refractivity contribution >= 4 is 0 Å². The fourth-order valence-corrected chi connectivity index (χ4v) is 2.14. The lowest BCUT2D eigenvalue weighted by Gasteiger charge is -2.27. The van der Waals surface area contributed by atoms with Crippen LogP contribution in [0.5, 0.6) is 0 Å². The molecule has 0 saturated heterocycles. The van der Waals surface area contributed by atoms with Crippen LogP contribution >= 0.6 is 0 Å². The first-order chi connectivity index (χ1) is 10.0. The van der Waals surface area contributed by atoms with Crippen molar-refractivity contribution < 1.29 is 5.11 Å². The number of rotatable bonds is 6. The van der Waals surface area contributed by atoms with Crippen LogP contribution in [-0.4, -0.2) is 5.11 Å². The van der Waals surface area contributed by atoms with Gasteiger partial charge in [0.15, 0.2) is 0 Å². The standard InChI is InChI=1S/C19H25NO/c1-4-5-6-7-8-9-10-16(2)19(3,21)18-13-11-17(15-20)12-14-18/h11-14,16,21H,4-8H2,1-3H3. The second kappa shape index (κ2) is 8.50. The van der Waals surface area contributed by atoms with Crippen LogP contribution < -0.4 is 0 Å². The van der Waals surface area contributed by atoms with Crippen LogP contribution in [0.1, 0.15) is 64.0 Å². The Morgan fingerprint density at radius 1 is 1.19 bits per heavy atom. The maximum atomic E-state index is 10.7. The van der Waals surface area contributed by atoms with E-state index >= 15 is 0 Å². The van der Waals surface area contributed by atoms with Crippen LogP contribution in [0.2, 0.25) is 0 Å². The van der Waals surface area contributed by atoms with E-state index in [1.807, 2.05) is 6.92 Å². The second-order valence-electron chi connectivity index (χ2n) is 5.69. The number of nitrogens with zero attached hydrogens (tertiary/aromatic N) is 1. The monoisotopic (exact) mass is 283 g/mol. The quantitative estimate of drug-likeness (QED) is 0.622. The highest BCUT2D eigenvalue weighted by molar-refractivity contribution is 5.34. The van der Waals surface area contributed by atoms with Gasteiger partial charge in [-0.15, -0.1) is 5.92 Å². The maximum Gasteiger partial charge on any atom is 0.100 e. The van der Waals surface area contributed by atoms with Gasteiger partial charge in [-0.3, -0.25) is 0 Å². The topological polar surface area (TPSA) is 44.0 Å². The van der Waals surface area contributed by atoms with Gasteiger partial charge in [-0.25, -0.2) is 0 Å². The number of hydrogen-bond acceptors (Lipinski definition) is 2. The van der Waals surface area contributed by atoms with Crippen molar-refractivity contribution in [1.29, 1.82) is 5.26 Å². The van der Waals surface area contributed by atoms with Gasteiger partial charge in [0.1, 0.15) is 5.60 Å². The first kappa shape index (κ1) is 17.3. The fraction of sp³-hybridized carbons (Fsp3) is 0.526. The zero-order valence-corrected chi connectivity index (χ0v) is 13.3. The molecule has 1 aromatic rings. The van der Waals surface area contributed by atoms with Gasteiger partial charge in [0.25, 0.3) is 0 Å². The third-order valence-electron chi connectivity index (χ3n) is 3.92. The van der Waals surface area contributed by atoms with Gasteiger partial charge in [-0.05, 0) is 38.0 Å². The molecule has 0 saturated carbocycles. The van der Waals surface area contributed by atoms with E-state index in [9.17, 15) is 5.11 Å². The number of unbranched alkanes of at least 4 members (excludes halogenated alkanes) is 4. The summed E-state index contributed by atoms with van der Waals surface area (Å²) in [5.74, 6) is 6.20. The normalized spacial score (nSPS) is 14.4. The van der Waals surface area contributed by atoms with E-state index in [4.69, 9.17) is 5.26 Å². The molecule has 0 aliphatic rings. The van der Waals surface area contributed by atoms with Crippen molar-refractivity contribution in [2.45, 2.75) is 58.5 Å². The molecule has 0 aromatic heterocycles. The molecule has 2 unspecified atom stereocenters. The van der Waals surface area contributed by atoms with Gasteiger partial charge >= 0.3 is 0 Å². The Kier molecular flexibility index (Phi) is 7.00. The first-order valence-electron chi connectivity index (χ1n) is 7.73. The third-order valence-corrected chi connectivity index (χ3v) is 3.92. The van der Waals surface area contributed by atoms with E-state index in [0.717, 1.165) is 18.4 Å². The van der Waals surface area contributed by atoms with E-state index < -0.39 is 5.60 Å². The van der Waals surface area contributed by atoms with Gasteiger partial charge in [0, 0.05) is 6.42 Å². The van der Waals surface area contributed by atoms with Gasteiger partial charge in [-0.1, -0.05) is 44.2 Å². The summed E-state index contributed by atoms with van der Waals surface area (Å²) in [6.07, 6.45) is 5.75. The van der Waals surface area contributed by atoms with Crippen molar-refractivity contribution in [3.63, 3.8) is 0 Å². The predicted octanol–water partition coefficient (Wildman–Crippen LogP) is 4.38. The van der Waals surface area contributed by atoms with Crippen molar-refractivity contribution in [3.8, 4) is 17.9 Å². The molecule has 2 nitrogen and oxygen atoms in total. The van der Waals surface area contributed by atoms with E-state index in [2.05, 4.69) is 24.8 Å². The highest BCUT2D eigenvalue weighted by Gasteiger charge is 2.29. The molecule has 0 spiro atoms. The van der Waals surface area contributed by atoms with Crippen molar-refractivity contribution in [2.24, 2.45) is 5.92 Å². The maximum absolute atomic E-state index is 10.7. The summed E-state index contributed by atoms with van der Waals surface area (Å²) in [4.78, 5) is 0. The van der Waals surface area contributed by atoms with Crippen LogP contribution in [0, 0.1) is 29.1 Å². The molecule has 0 bridgehead atoms. The van der Waals surface area contributed by atoms with Crippen LogP contribution in [0.4, 0.5) is 0 Å². The summed E-state index contributed by atoms with van der Waals surface area (Å²) in [5, 5.41) is 19.5. The van der Waals surface area contributed by atoms with Crippen molar-refractivity contribution in [3.05, 3.63) is 35.4 Å². The summed E-state index contributed by atoms with van der Waals surface area (Å²) in [6, 6.07) is 9.15. The average Bonchev–Trinajstić information content (AvgIpc) is 2.50. The van der Waals surface area contributed by atoms with Gasteiger partial charge in [-0.2, -0.15) is 5.26 Å². The molecular weight excluding hydrogens is 258 g/mol. The van der Waals surface area contributed by atoms with Gasteiger partial charge < -0.3 is 5.11 Å². The fourth-order valence-electron chi connectivity index (χ4n) is 2.14. The van der Waals surface area contributed by atoms with Crippen LogP contribution in [0.3, 0.4) is 0 Å². The highest BCUT2D eigenvalue weighted by Crippen LogP contribution is 2.29. The number of aliphatic hydroxyl groups is 1. The Balaban J connectivity index is 2.64. The summed E-state index contributed by atoms with van der Waals surface area (Å²) < 4.78 is 0. The molecule has 1 aromatic carbocycles. The minimum absolute atomic E-state index is 0.142. The minimum atomic E-state index is -0.996. The minimum Gasteiger partial charge on any atom is -0.384 e. The molecule has 21 heavy (non-hydrogen) atoms. The molecule has 0 fully saturated rings. The Morgan fingerprint density at radius 3 is 2.43 bits per heavy atom. The number of benzene rings is 1. The Bertz CT molecular complexity index is 525. The molecule has 0 radical (unpaired) electrons. The molecule has 112 valence electrons. The van der Waals surface area contributed by atoms with E-state index in [1.165, 1.54) is 19.3 Å². The smallest absolute Gasteiger partial charge is 0.100 e. The predicted molar refractivity (Wildman–Crippen MR) is 86.4 cm³/mol. The Labute approximate surface area is 128 Å². The zero-order valence-electron chi connectivity index (χ0n) is 13.3. The number of hydrogen-bond donors (Lipinski definition) is 1. The molecule has 0 aliphatic heterocycles. The average molecular weight is 283 g/mol. The molecule has 0 heterocycles. The molecule has 2 heteroatoms. The van der Waals surface area contributed by atoms with E-state index in [1.54, 1.807) is 31.2 Å².